The number of rotatable bonds is 0. The van der Waals surface area contributed by atoms with E-state index in [-0.39, 0.29) is 19.5 Å². The van der Waals surface area contributed by atoms with Crippen LogP contribution in [0.15, 0.2) is 0 Å². The number of nitrogens with two attached hydrogens (primary N) is 2. The monoisotopic (exact) mass is 218 g/mol. The van der Waals surface area contributed by atoms with Crippen LogP contribution in [0.1, 0.15) is 0 Å². The topological polar surface area (TPSA) is 86.2 Å². The molecule has 0 rings (SSSR count). The molecule has 0 spiro atoms. The molecule has 0 atom stereocenters. The van der Waals surface area contributed by atoms with E-state index in [0.29, 0.717) is 0 Å². The predicted molar refractivity (Wildman–Crippen MR) is 37.1 cm³/mol. The van der Waals surface area contributed by atoms with E-state index in [2.05, 4.69) is 36.7 Å². The van der Waals surface area contributed by atoms with Crippen LogP contribution in [0.25, 0.3) is 0 Å². The van der Waals surface area contributed by atoms with Gasteiger partial charge in [-0.3, -0.25) is 9.59 Å². The second-order valence-corrected chi connectivity index (χ2v) is 1.56. The minimum Gasteiger partial charge on any atom is -0.361 e. The first kappa shape index (κ1) is 16.1. The fourth-order valence-electron chi connectivity index (χ4n) is 0. The Morgan fingerprint density at radius 3 is 1.00 bits per heavy atom. The van der Waals surface area contributed by atoms with Crippen LogP contribution in [-0.4, -0.2) is 10.5 Å². The van der Waals surface area contributed by atoms with E-state index >= 15 is 0 Å². The van der Waals surface area contributed by atoms with Gasteiger partial charge in [0.1, 0.15) is 0 Å². The largest absolute Gasteiger partial charge is 0.361 e. The van der Waals surface area contributed by atoms with E-state index in [4.69, 9.17) is 9.59 Å². The smallest absolute Gasteiger partial charge is 0.273 e. The van der Waals surface area contributed by atoms with Crippen LogP contribution >= 0.6 is 25.3 Å². The Morgan fingerprint density at radius 2 is 1.00 bits per heavy atom. The normalized spacial score (nSPS) is 5.56. The van der Waals surface area contributed by atoms with Crippen molar-refractivity contribution in [1.82, 2.24) is 0 Å². The molecule has 0 saturated heterocycles. The van der Waals surface area contributed by atoms with Gasteiger partial charge in [-0.05, 0) is 0 Å². The van der Waals surface area contributed by atoms with Gasteiger partial charge in [-0.2, -0.15) is 0 Å². The second-order valence-electron chi connectivity index (χ2n) is 0.676. The molecular formula is C2H6N2O2S2Zn. The molecule has 2 amide bonds. The summed E-state index contributed by atoms with van der Waals surface area (Å²) in [6.45, 7) is 0. The van der Waals surface area contributed by atoms with Crippen molar-refractivity contribution in [2.75, 3.05) is 0 Å². The molecule has 0 heterocycles. The van der Waals surface area contributed by atoms with E-state index in [9.17, 15) is 0 Å². The molecule has 0 aliphatic carbocycles. The van der Waals surface area contributed by atoms with Gasteiger partial charge in [0.25, 0.3) is 10.5 Å². The van der Waals surface area contributed by atoms with Crippen molar-refractivity contribution in [1.29, 1.82) is 0 Å². The fraction of sp³-hybridized carbons (Fsp3) is 0. The van der Waals surface area contributed by atoms with Crippen molar-refractivity contribution in [3.63, 3.8) is 0 Å². The van der Waals surface area contributed by atoms with Gasteiger partial charge < -0.3 is 11.5 Å². The first-order valence-corrected chi connectivity index (χ1v) is 2.33. The summed E-state index contributed by atoms with van der Waals surface area (Å²) in [6, 6.07) is 0. The molecule has 4 nitrogen and oxygen atoms in total. The number of amides is 2. The van der Waals surface area contributed by atoms with Crippen LogP contribution in [0.3, 0.4) is 0 Å². The van der Waals surface area contributed by atoms with Gasteiger partial charge in [0.15, 0.2) is 0 Å². The molecule has 4 N–H and O–H groups in total. The molecule has 0 aromatic carbocycles. The molecule has 0 unspecified atom stereocenters. The van der Waals surface area contributed by atoms with Crippen molar-refractivity contribution < 1.29 is 29.1 Å². The molecule has 0 aliphatic rings. The molecular weight excluding hydrogens is 214 g/mol. The van der Waals surface area contributed by atoms with Gasteiger partial charge >= 0.3 is 0 Å². The predicted octanol–water partition coefficient (Wildman–Crippen LogP) is -0.0127. The molecule has 9 heavy (non-hydrogen) atoms. The van der Waals surface area contributed by atoms with Crippen molar-refractivity contribution in [2.45, 2.75) is 0 Å². The zero-order chi connectivity index (χ0) is 7.15. The van der Waals surface area contributed by atoms with Crippen molar-refractivity contribution in [3.8, 4) is 0 Å². The standard InChI is InChI=1S/2CH3NOS.Zn/c2*2-1(3)4;/h2*(H3,2,3,4);. The molecule has 0 fully saturated rings. The zero-order valence-corrected chi connectivity index (χ0v) is 9.33. The third-order valence-corrected chi connectivity index (χ3v) is 0. The first-order valence-electron chi connectivity index (χ1n) is 1.43. The number of hydrogen-bond acceptors (Lipinski definition) is 2. The summed E-state index contributed by atoms with van der Waals surface area (Å²) in [4.78, 5) is 18.2. The number of carbonyl (C=O) groups excluding carboxylic acids is 2. The Morgan fingerprint density at radius 1 is 1.00 bits per heavy atom. The molecule has 0 aromatic rings. The van der Waals surface area contributed by atoms with Crippen LogP contribution in [-0.2, 0) is 19.5 Å². The number of hydrogen-bond donors (Lipinski definition) is 4. The maximum atomic E-state index is 9.09. The Balaban J connectivity index is -0.0000000720. The van der Waals surface area contributed by atoms with E-state index in [0.717, 1.165) is 0 Å². The minimum atomic E-state index is -0.639. The number of primary amides is 2. The van der Waals surface area contributed by atoms with E-state index in [1.807, 2.05) is 0 Å². The third-order valence-electron chi connectivity index (χ3n) is 0. The van der Waals surface area contributed by atoms with Crippen LogP contribution in [0.4, 0.5) is 9.59 Å². The number of thiol groups is 2. The van der Waals surface area contributed by atoms with Crippen LogP contribution in [0.2, 0.25) is 0 Å². The average Bonchev–Trinajstić information content (AvgIpc) is 1.25. The quantitative estimate of drug-likeness (QED) is 0.341. The fourth-order valence-corrected chi connectivity index (χ4v) is 0. The summed E-state index contributed by atoms with van der Waals surface area (Å²) in [6.07, 6.45) is 0. The summed E-state index contributed by atoms with van der Waals surface area (Å²) >= 11 is 6.21. The zero-order valence-electron chi connectivity index (χ0n) is 4.57. The SMILES string of the molecule is NC(=O)S.NC(=O)S.[Zn]. The van der Waals surface area contributed by atoms with Gasteiger partial charge in [-0.15, -0.1) is 0 Å². The summed E-state index contributed by atoms with van der Waals surface area (Å²) in [5.74, 6) is 0. The van der Waals surface area contributed by atoms with Gasteiger partial charge in [0, 0.05) is 19.5 Å². The maximum absolute atomic E-state index is 9.09. The van der Waals surface area contributed by atoms with Crippen molar-refractivity contribution >= 4 is 35.7 Å². The molecule has 7 heteroatoms. The third kappa shape index (κ3) is 4670. The first-order chi connectivity index (χ1) is 3.46. The van der Waals surface area contributed by atoms with E-state index in [1.165, 1.54) is 0 Å². The van der Waals surface area contributed by atoms with Crippen LogP contribution in [0, 0.1) is 0 Å². The minimum absolute atomic E-state index is 0. The molecule has 0 aromatic heterocycles. The van der Waals surface area contributed by atoms with Crippen LogP contribution < -0.4 is 11.5 Å². The Kier molecular flexibility index (Phi) is 19.9. The van der Waals surface area contributed by atoms with Crippen molar-refractivity contribution in [3.05, 3.63) is 0 Å². The summed E-state index contributed by atoms with van der Waals surface area (Å²) in [5, 5.41) is -1.28. The van der Waals surface area contributed by atoms with Crippen molar-refractivity contribution in [2.24, 2.45) is 11.5 Å². The van der Waals surface area contributed by atoms with Gasteiger partial charge in [0.05, 0.1) is 0 Å². The second kappa shape index (κ2) is 11.1. The number of carbonyl (C=O) groups is 2. The summed E-state index contributed by atoms with van der Waals surface area (Å²) in [5.41, 5.74) is 8.67. The Labute approximate surface area is 76.3 Å². The van der Waals surface area contributed by atoms with E-state index in [1.54, 1.807) is 0 Å². The van der Waals surface area contributed by atoms with Crippen LogP contribution in [0.5, 0.6) is 0 Å². The average molecular weight is 220 g/mol. The molecule has 50 valence electrons. The summed E-state index contributed by atoms with van der Waals surface area (Å²) in [7, 11) is 0. The van der Waals surface area contributed by atoms with Gasteiger partial charge in [-0.25, -0.2) is 0 Å². The molecule has 0 radical (unpaired) electrons. The molecule has 0 bridgehead atoms. The van der Waals surface area contributed by atoms with Gasteiger partial charge in [-0.1, -0.05) is 25.3 Å². The Bertz CT molecular complexity index is 78.6. The molecule has 0 aliphatic heterocycles. The van der Waals surface area contributed by atoms with Gasteiger partial charge in [0.2, 0.25) is 0 Å². The van der Waals surface area contributed by atoms with E-state index < -0.39 is 10.5 Å². The molecule has 0 saturated carbocycles. The Hall–Kier alpha value is 0.263. The summed E-state index contributed by atoms with van der Waals surface area (Å²) < 4.78 is 0. The maximum Gasteiger partial charge on any atom is 0.273 e.